The second kappa shape index (κ2) is 12.3. The maximum atomic E-state index is 14.0. The van der Waals surface area contributed by atoms with Gasteiger partial charge >= 0.3 is 11.7 Å². The number of benzene rings is 1. The van der Waals surface area contributed by atoms with Crippen molar-refractivity contribution in [2.75, 3.05) is 31.4 Å². The third-order valence-corrected chi connectivity index (χ3v) is 9.21. The Hall–Kier alpha value is -3.30. The predicted molar refractivity (Wildman–Crippen MR) is 143 cm³/mol. The quantitative estimate of drug-likeness (QED) is 0.344. The van der Waals surface area contributed by atoms with Crippen molar-refractivity contribution in [2.24, 2.45) is 7.05 Å². The lowest BCUT2D eigenvalue weighted by Crippen LogP contribution is -2.53. The van der Waals surface area contributed by atoms with Gasteiger partial charge in [0.1, 0.15) is 23.5 Å². The smallest absolute Gasteiger partial charge is 0.332 e. The molecule has 12 nitrogen and oxygen atoms in total. The van der Waals surface area contributed by atoms with Gasteiger partial charge in [0.15, 0.2) is 0 Å². The first kappa shape index (κ1) is 30.2. The van der Waals surface area contributed by atoms with E-state index in [1.54, 1.807) is 11.8 Å². The molecule has 0 radical (unpaired) electrons. The van der Waals surface area contributed by atoms with Crippen molar-refractivity contribution in [1.82, 2.24) is 19.3 Å². The molecule has 1 saturated heterocycles. The Balaban J connectivity index is 1.96. The number of nitrogens with zero attached hydrogens (tertiary/aromatic N) is 4. The number of ether oxygens (including phenoxy) is 1. The van der Waals surface area contributed by atoms with Crippen LogP contribution in [0.5, 0.6) is 0 Å². The average Bonchev–Trinajstić information content (AvgIpc) is 2.89. The number of piperidine rings is 1. The summed E-state index contributed by atoms with van der Waals surface area (Å²) in [5, 5.41) is 25.0. The van der Waals surface area contributed by atoms with Crippen LogP contribution in [0.1, 0.15) is 44.2 Å². The van der Waals surface area contributed by atoms with Gasteiger partial charge in [-0.05, 0) is 49.9 Å². The van der Waals surface area contributed by atoms with Crippen molar-refractivity contribution in [2.45, 2.75) is 51.2 Å². The molecular weight excluding hydrogens is 530 g/mol. The Kier molecular flexibility index (Phi) is 9.51. The number of halogens is 1. The summed E-state index contributed by atoms with van der Waals surface area (Å²) in [6.07, 6.45) is 1.14. The van der Waals surface area contributed by atoms with Gasteiger partial charge in [-0.2, -0.15) is 5.26 Å². The van der Waals surface area contributed by atoms with Crippen molar-refractivity contribution < 1.29 is 23.6 Å². The summed E-state index contributed by atoms with van der Waals surface area (Å²) in [5.41, 5.74) is -2.14. The van der Waals surface area contributed by atoms with E-state index >= 15 is 0 Å². The third kappa shape index (κ3) is 6.83. The highest BCUT2D eigenvalue weighted by Crippen LogP contribution is 2.41. The molecule has 1 fully saturated rings. The standard InChI is InChI=1S/C25H34FN6O6P/c1-5-25(2,23(34)35)29-39(37,16-38-4)28-20-7-6-10-31(15-20)21-12-22(33)30(3)24(36)32(21)14-18-11-19(26)9-8-17(18)13-27/h8-9,11-12,20H,5-7,10,14-16H2,1-4H3,(H,34,35)(H2,28,29,37)/t20-,25?,39?/m1/s1. The molecule has 1 aliphatic rings. The van der Waals surface area contributed by atoms with E-state index in [0.29, 0.717) is 19.4 Å². The molecule has 2 unspecified atom stereocenters. The molecule has 0 bridgehead atoms. The van der Waals surface area contributed by atoms with Gasteiger partial charge in [0.25, 0.3) is 5.56 Å². The number of methoxy groups -OCH3 is 1. The Bertz CT molecular complexity index is 1440. The summed E-state index contributed by atoms with van der Waals surface area (Å²) in [6.45, 7) is 3.70. The number of carboxylic acids is 1. The van der Waals surface area contributed by atoms with E-state index in [1.165, 1.54) is 43.8 Å². The van der Waals surface area contributed by atoms with Gasteiger partial charge < -0.3 is 14.7 Å². The summed E-state index contributed by atoms with van der Waals surface area (Å²) in [6, 6.07) is 6.57. The van der Waals surface area contributed by atoms with Gasteiger partial charge in [-0.1, -0.05) is 6.92 Å². The number of hydrogen-bond donors (Lipinski definition) is 3. The molecule has 1 aliphatic heterocycles. The van der Waals surface area contributed by atoms with E-state index in [2.05, 4.69) is 10.2 Å². The summed E-state index contributed by atoms with van der Waals surface area (Å²) in [7, 11) is -0.845. The van der Waals surface area contributed by atoms with E-state index in [9.17, 15) is 33.7 Å². The molecule has 2 heterocycles. The molecule has 39 heavy (non-hydrogen) atoms. The molecule has 2 aromatic rings. The highest BCUT2D eigenvalue weighted by molar-refractivity contribution is 7.59. The van der Waals surface area contributed by atoms with Crippen LogP contribution in [0.15, 0.2) is 33.9 Å². The molecule has 3 rings (SSSR count). The van der Waals surface area contributed by atoms with Crippen LogP contribution in [0.4, 0.5) is 10.2 Å². The lowest BCUT2D eigenvalue weighted by Gasteiger charge is -2.39. The summed E-state index contributed by atoms with van der Waals surface area (Å²) in [5.74, 6) is -1.43. The fraction of sp³-hybridized carbons (Fsp3) is 0.520. The summed E-state index contributed by atoms with van der Waals surface area (Å²) in [4.78, 5) is 39.4. The summed E-state index contributed by atoms with van der Waals surface area (Å²) < 4.78 is 35.2. The van der Waals surface area contributed by atoms with Gasteiger partial charge in [0, 0.05) is 39.4 Å². The maximum Gasteiger partial charge on any atom is 0.332 e. The molecule has 1 aromatic heterocycles. The van der Waals surface area contributed by atoms with Crippen molar-refractivity contribution in [3.8, 4) is 6.07 Å². The zero-order valence-corrected chi connectivity index (χ0v) is 23.3. The lowest BCUT2D eigenvalue weighted by atomic mass is 10.0. The average molecular weight is 565 g/mol. The highest BCUT2D eigenvalue weighted by atomic mass is 31.2. The number of nitriles is 1. The second-order valence-electron chi connectivity index (χ2n) is 9.86. The van der Waals surface area contributed by atoms with Gasteiger partial charge in [0.2, 0.25) is 7.44 Å². The van der Waals surface area contributed by atoms with Crippen molar-refractivity contribution in [3.05, 3.63) is 62.0 Å². The predicted octanol–water partition coefficient (Wildman–Crippen LogP) is 1.80. The SMILES string of the molecule is CCC(C)(NP(=O)(COC)N[C@@H]1CCCN(c2cc(=O)n(C)c(=O)n2Cc2cc(F)ccc2C#N)C1)C(=O)O. The number of carbonyl (C=O) groups is 1. The van der Waals surface area contributed by atoms with Crippen LogP contribution in [0.3, 0.4) is 0 Å². The van der Waals surface area contributed by atoms with E-state index in [1.807, 2.05) is 6.07 Å². The Morgan fingerprint density at radius 2 is 2.08 bits per heavy atom. The molecule has 212 valence electrons. The van der Waals surface area contributed by atoms with Gasteiger partial charge in [-0.15, -0.1) is 0 Å². The summed E-state index contributed by atoms with van der Waals surface area (Å²) >= 11 is 0. The minimum Gasteiger partial charge on any atom is -0.480 e. The van der Waals surface area contributed by atoms with E-state index in [-0.39, 0.29) is 42.8 Å². The maximum absolute atomic E-state index is 14.0. The van der Waals surface area contributed by atoms with E-state index in [0.717, 1.165) is 10.6 Å². The third-order valence-electron chi connectivity index (χ3n) is 6.95. The molecular formula is C25H34FN6O6P. The first-order chi connectivity index (χ1) is 18.4. The fourth-order valence-electron chi connectivity index (χ4n) is 4.59. The van der Waals surface area contributed by atoms with Crippen LogP contribution in [-0.4, -0.2) is 58.3 Å². The van der Waals surface area contributed by atoms with Crippen molar-refractivity contribution in [1.29, 1.82) is 5.26 Å². The number of carboxylic acid groups (broad SMARTS) is 1. The first-order valence-corrected chi connectivity index (χ1v) is 14.4. The largest absolute Gasteiger partial charge is 0.480 e. The van der Waals surface area contributed by atoms with Crippen LogP contribution < -0.4 is 26.3 Å². The Morgan fingerprint density at radius 3 is 2.69 bits per heavy atom. The monoisotopic (exact) mass is 564 g/mol. The number of nitrogens with one attached hydrogen (secondary N) is 2. The normalized spacial score (nSPS) is 18.7. The lowest BCUT2D eigenvalue weighted by molar-refractivity contribution is -0.143. The van der Waals surface area contributed by atoms with Crippen molar-refractivity contribution in [3.63, 3.8) is 0 Å². The van der Waals surface area contributed by atoms with Crippen LogP contribution >= 0.6 is 7.44 Å². The molecule has 14 heteroatoms. The molecule has 0 aliphatic carbocycles. The van der Waals surface area contributed by atoms with Gasteiger partial charge in [-0.3, -0.25) is 23.3 Å². The van der Waals surface area contributed by atoms with Crippen LogP contribution in [0, 0.1) is 17.1 Å². The fourth-order valence-corrected chi connectivity index (χ4v) is 7.01. The van der Waals surface area contributed by atoms with Crippen LogP contribution in [-0.2, 0) is 27.7 Å². The molecule has 3 N–H and O–H groups in total. The first-order valence-electron chi connectivity index (χ1n) is 12.5. The minimum absolute atomic E-state index is 0.144. The van der Waals surface area contributed by atoms with Crippen LogP contribution in [0.2, 0.25) is 0 Å². The van der Waals surface area contributed by atoms with E-state index < -0.39 is 42.1 Å². The Labute approximate surface area is 225 Å². The zero-order chi connectivity index (χ0) is 29.0. The Morgan fingerprint density at radius 1 is 1.36 bits per heavy atom. The minimum atomic E-state index is -3.55. The number of hydrogen-bond acceptors (Lipinski definition) is 7. The van der Waals surface area contributed by atoms with Gasteiger partial charge in [-0.25, -0.2) is 19.4 Å². The van der Waals surface area contributed by atoms with Crippen LogP contribution in [0.25, 0.3) is 0 Å². The van der Waals surface area contributed by atoms with E-state index in [4.69, 9.17) is 4.74 Å². The topological polar surface area (TPSA) is 159 Å². The molecule has 0 spiro atoms. The molecule has 0 amide bonds. The zero-order valence-electron chi connectivity index (χ0n) is 22.4. The number of aromatic nitrogens is 2. The molecule has 3 atom stereocenters. The molecule has 0 saturated carbocycles. The number of anilines is 1. The molecule has 1 aromatic carbocycles. The highest BCUT2D eigenvalue weighted by Gasteiger charge is 2.40. The van der Waals surface area contributed by atoms with Crippen molar-refractivity contribution >= 4 is 19.2 Å². The number of aliphatic carboxylic acids is 1. The second-order valence-corrected chi connectivity index (χ2v) is 12.1. The van der Waals surface area contributed by atoms with Gasteiger partial charge in [0.05, 0.1) is 18.2 Å². The number of rotatable bonds is 11.